The van der Waals surface area contributed by atoms with Crippen LogP contribution < -0.4 is 5.32 Å². The van der Waals surface area contributed by atoms with Crippen molar-refractivity contribution >= 4 is 11.3 Å². The van der Waals surface area contributed by atoms with Crippen molar-refractivity contribution in [3.05, 3.63) is 16.1 Å². The predicted molar refractivity (Wildman–Crippen MR) is 82.6 cm³/mol. The average Bonchev–Trinajstić information content (AvgIpc) is 2.77. The summed E-state index contributed by atoms with van der Waals surface area (Å²) in [6, 6.07) is 0. The van der Waals surface area contributed by atoms with Gasteiger partial charge in [-0.3, -0.25) is 0 Å². The van der Waals surface area contributed by atoms with Gasteiger partial charge in [0.15, 0.2) is 0 Å². The minimum Gasteiger partial charge on any atom is -0.396 e. The summed E-state index contributed by atoms with van der Waals surface area (Å²) in [5.41, 5.74) is 0.194. The Balaban J connectivity index is 2.25. The fourth-order valence-corrected chi connectivity index (χ4v) is 2.66. The van der Waals surface area contributed by atoms with Crippen LogP contribution in [-0.4, -0.2) is 23.2 Å². The Bertz CT molecular complexity index is 380. The van der Waals surface area contributed by atoms with Gasteiger partial charge < -0.3 is 10.4 Å². The second-order valence-corrected chi connectivity index (χ2v) is 8.10. The van der Waals surface area contributed by atoms with E-state index in [1.165, 1.54) is 9.88 Å². The molecule has 1 aromatic rings. The van der Waals surface area contributed by atoms with Gasteiger partial charge in [-0.15, -0.1) is 11.3 Å². The molecule has 3 nitrogen and oxygen atoms in total. The molecular formula is C15H28N2OS. The highest BCUT2D eigenvalue weighted by molar-refractivity contribution is 7.11. The van der Waals surface area contributed by atoms with Crippen LogP contribution in [0.3, 0.4) is 0 Å². The molecule has 0 saturated heterocycles. The van der Waals surface area contributed by atoms with Gasteiger partial charge in [-0.1, -0.05) is 34.6 Å². The number of nitrogens with one attached hydrogen (secondary N) is 1. The van der Waals surface area contributed by atoms with E-state index in [0.717, 1.165) is 25.9 Å². The molecule has 1 rings (SSSR count). The zero-order valence-electron chi connectivity index (χ0n) is 12.9. The normalized spacial score (nSPS) is 12.9. The molecule has 0 unspecified atom stereocenters. The Morgan fingerprint density at radius 2 is 1.95 bits per heavy atom. The van der Waals surface area contributed by atoms with Crippen molar-refractivity contribution in [1.82, 2.24) is 10.3 Å². The van der Waals surface area contributed by atoms with E-state index in [4.69, 9.17) is 0 Å². The largest absolute Gasteiger partial charge is 0.396 e. The highest BCUT2D eigenvalue weighted by Gasteiger charge is 2.18. The smallest absolute Gasteiger partial charge is 0.0981 e. The first-order valence-electron chi connectivity index (χ1n) is 7.01. The minimum atomic E-state index is 0.0472. The van der Waals surface area contributed by atoms with Crippen LogP contribution in [0.1, 0.15) is 57.3 Å². The number of thiazole rings is 1. The lowest BCUT2D eigenvalue weighted by Gasteiger charge is -2.21. The molecule has 0 saturated carbocycles. The molecule has 2 N–H and O–H groups in total. The molecule has 0 amide bonds. The molecule has 4 heteroatoms. The Hall–Kier alpha value is -0.450. The van der Waals surface area contributed by atoms with Crippen molar-refractivity contribution in [1.29, 1.82) is 0 Å². The molecule has 0 atom stereocenters. The Morgan fingerprint density at radius 1 is 1.26 bits per heavy atom. The molecule has 1 aromatic heterocycles. The quantitative estimate of drug-likeness (QED) is 0.755. The maximum atomic E-state index is 9.18. The van der Waals surface area contributed by atoms with Crippen molar-refractivity contribution in [3.8, 4) is 0 Å². The second-order valence-electron chi connectivity index (χ2n) is 6.98. The monoisotopic (exact) mass is 284 g/mol. The predicted octanol–water partition coefficient (Wildman–Crippen LogP) is 3.33. The molecule has 0 fully saturated rings. The third-order valence-corrected chi connectivity index (χ3v) is 4.55. The van der Waals surface area contributed by atoms with Gasteiger partial charge in [0, 0.05) is 29.6 Å². The standard InChI is InChI=1S/C15H28N2OS/c1-14(2,3)13-17-10-12(19-13)9-16-8-6-7-15(4,5)11-18/h10,16,18H,6-9,11H2,1-5H3. The molecule has 19 heavy (non-hydrogen) atoms. The van der Waals surface area contributed by atoms with Crippen molar-refractivity contribution < 1.29 is 5.11 Å². The van der Waals surface area contributed by atoms with Crippen molar-refractivity contribution in [2.24, 2.45) is 5.41 Å². The summed E-state index contributed by atoms with van der Waals surface area (Å²) in [6.07, 6.45) is 4.13. The lowest BCUT2D eigenvalue weighted by molar-refractivity contribution is 0.148. The molecule has 1 heterocycles. The van der Waals surface area contributed by atoms with Gasteiger partial charge in [0.25, 0.3) is 0 Å². The number of nitrogens with zero attached hydrogens (tertiary/aromatic N) is 1. The van der Waals surface area contributed by atoms with Crippen LogP contribution in [0.2, 0.25) is 0 Å². The van der Waals surface area contributed by atoms with E-state index in [1.807, 2.05) is 6.20 Å². The van der Waals surface area contributed by atoms with E-state index in [0.29, 0.717) is 0 Å². The Kier molecular flexibility index (Phi) is 5.96. The minimum absolute atomic E-state index is 0.0472. The summed E-state index contributed by atoms with van der Waals surface area (Å²) in [5, 5.41) is 13.8. The topological polar surface area (TPSA) is 45.1 Å². The maximum Gasteiger partial charge on any atom is 0.0981 e. The first-order chi connectivity index (χ1) is 8.74. The lowest BCUT2D eigenvalue weighted by Crippen LogP contribution is -2.20. The lowest BCUT2D eigenvalue weighted by atomic mass is 9.89. The summed E-state index contributed by atoms with van der Waals surface area (Å²) >= 11 is 1.79. The summed E-state index contributed by atoms with van der Waals surface area (Å²) in [5.74, 6) is 0. The number of hydrogen-bond donors (Lipinski definition) is 2. The Morgan fingerprint density at radius 3 is 2.47 bits per heavy atom. The van der Waals surface area contributed by atoms with Crippen LogP contribution in [0.4, 0.5) is 0 Å². The van der Waals surface area contributed by atoms with E-state index in [-0.39, 0.29) is 17.4 Å². The highest BCUT2D eigenvalue weighted by atomic mass is 32.1. The summed E-state index contributed by atoms with van der Waals surface area (Å²) in [6.45, 7) is 12.9. The van der Waals surface area contributed by atoms with Crippen LogP contribution in [0.25, 0.3) is 0 Å². The third kappa shape index (κ3) is 6.02. The van der Waals surface area contributed by atoms with Crippen LogP contribution in [0.15, 0.2) is 6.20 Å². The van der Waals surface area contributed by atoms with Crippen LogP contribution in [0, 0.1) is 5.41 Å². The van der Waals surface area contributed by atoms with Gasteiger partial charge in [0.1, 0.15) is 0 Å². The van der Waals surface area contributed by atoms with E-state index >= 15 is 0 Å². The van der Waals surface area contributed by atoms with E-state index in [2.05, 4.69) is 44.9 Å². The maximum absolute atomic E-state index is 9.18. The zero-order chi connectivity index (χ0) is 14.5. The zero-order valence-corrected chi connectivity index (χ0v) is 13.7. The fraction of sp³-hybridized carbons (Fsp3) is 0.800. The van der Waals surface area contributed by atoms with Gasteiger partial charge >= 0.3 is 0 Å². The molecular weight excluding hydrogens is 256 g/mol. The number of rotatable bonds is 7. The molecule has 0 radical (unpaired) electrons. The van der Waals surface area contributed by atoms with E-state index < -0.39 is 0 Å². The number of hydrogen-bond acceptors (Lipinski definition) is 4. The highest BCUT2D eigenvalue weighted by Crippen LogP contribution is 2.26. The van der Waals surface area contributed by atoms with Crippen LogP contribution >= 0.6 is 11.3 Å². The van der Waals surface area contributed by atoms with Crippen LogP contribution in [0.5, 0.6) is 0 Å². The van der Waals surface area contributed by atoms with Crippen molar-refractivity contribution in [2.75, 3.05) is 13.2 Å². The number of aliphatic hydroxyl groups is 1. The molecule has 0 spiro atoms. The van der Waals surface area contributed by atoms with Gasteiger partial charge in [0.2, 0.25) is 0 Å². The van der Waals surface area contributed by atoms with Gasteiger partial charge in [-0.05, 0) is 24.8 Å². The molecule has 0 aliphatic heterocycles. The average molecular weight is 284 g/mol. The van der Waals surface area contributed by atoms with E-state index in [1.54, 1.807) is 11.3 Å². The fourth-order valence-electron chi connectivity index (χ4n) is 1.72. The summed E-state index contributed by atoms with van der Waals surface area (Å²) < 4.78 is 0. The summed E-state index contributed by atoms with van der Waals surface area (Å²) in [4.78, 5) is 5.78. The number of aliphatic hydroxyl groups excluding tert-OH is 1. The van der Waals surface area contributed by atoms with Crippen molar-refractivity contribution in [2.45, 2.75) is 59.4 Å². The van der Waals surface area contributed by atoms with Crippen LogP contribution in [-0.2, 0) is 12.0 Å². The Labute approximate surface area is 121 Å². The third-order valence-electron chi connectivity index (χ3n) is 3.13. The molecule has 110 valence electrons. The van der Waals surface area contributed by atoms with Gasteiger partial charge in [0.05, 0.1) is 5.01 Å². The molecule has 0 aromatic carbocycles. The first kappa shape index (κ1) is 16.6. The molecule has 0 aliphatic carbocycles. The summed E-state index contributed by atoms with van der Waals surface area (Å²) in [7, 11) is 0. The van der Waals surface area contributed by atoms with Gasteiger partial charge in [-0.25, -0.2) is 4.98 Å². The first-order valence-corrected chi connectivity index (χ1v) is 7.83. The molecule has 0 bridgehead atoms. The SMILES string of the molecule is CC(C)(CO)CCCNCc1cnc(C(C)(C)C)s1. The van der Waals surface area contributed by atoms with Crippen molar-refractivity contribution in [3.63, 3.8) is 0 Å². The molecule has 0 aliphatic rings. The second kappa shape index (κ2) is 6.82. The van der Waals surface area contributed by atoms with E-state index in [9.17, 15) is 5.11 Å². The number of aromatic nitrogens is 1. The van der Waals surface area contributed by atoms with Gasteiger partial charge in [-0.2, -0.15) is 0 Å².